The van der Waals surface area contributed by atoms with E-state index in [0.29, 0.717) is 5.92 Å². The average Bonchev–Trinajstić information content (AvgIpc) is 3.06. The van der Waals surface area contributed by atoms with E-state index >= 15 is 0 Å². The summed E-state index contributed by atoms with van der Waals surface area (Å²) in [4.78, 5) is 8.40. The van der Waals surface area contributed by atoms with Gasteiger partial charge in [-0.3, -0.25) is 9.98 Å². The van der Waals surface area contributed by atoms with Gasteiger partial charge in [0, 0.05) is 32.5 Å². The van der Waals surface area contributed by atoms with Crippen molar-refractivity contribution in [1.82, 2.24) is 15.6 Å². The molecule has 0 aliphatic rings. The van der Waals surface area contributed by atoms with Gasteiger partial charge in [-0.05, 0) is 58.8 Å². The Morgan fingerprint density at radius 1 is 1.35 bits per heavy atom. The molecule has 0 saturated heterocycles. The first-order valence-corrected chi connectivity index (χ1v) is 8.51. The van der Waals surface area contributed by atoms with Crippen LogP contribution in [0.2, 0.25) is 0 Å². The summed E-state index contributed by atoms with van der Waals surface area (Å²) in [6.45, 7) is 6.06. The van der Waals surface area contributed by atoms with E-state index in [1.54, 1.807) is 11.3 Å². The van der Waals surface area contributed by atoms with E-state index in [-0.39, 0.29) is 24.0 Å². The molecule has 0 aliphatic heterocycles. The number of thiophene rings is 1. The number of aromatic nitrogens is 1. The lowest BCUT2D eigenvalue weighted by Crippen LogP contribution is -2.39. The molecule has 4 nitrogen and oxygen atoms in total. The SMILES string of the molecule is CN=C(NCCc1ccncc1C)NCC(C)c1ccsc1.I. The second-order valence-corrected chi connectivity index (χ2v) is 6.17. The molecule has 0 spiro atoms. The normalized spacial score (nSPS) is 12.4. The first kappa shape index (κ1) is 19.9. The molecule has 2 aromatic heterocycles. The maximum Gasteiger partial charge on any atom is 0.191 e. The smallest absolute Gasteiger partial charge is 0.191 e. The third-order valence-electron chi connectivity index (χ3n) is 3.73. The fourth-order valence-corrected chi connectivity index (χ4v) is 3.02. The third-order valence-corrected chi connectivity index (χ3v) is 4.44. The van der Waals surface area contributed by atoms with Crippen LogP contribution in [0.3, 0.4) is 0 Å². The lowest BCUT2D eigenvalue weighted by molar-refractivity contribution is 0.699. The molecule has 0 aliphatic carbocycles. The molecular formula is C17H25IN4S. The van der Waals surface area contributed by atoms with Crippen LogP contribution in [-0.2, 0) is 6.42 Å². The van der Waals surface area contributed by atoms with Crippen LogP contribution in [0.4, 0.5) is 0 Å². The Balaban J connectivity index is 0.00000264. The van der Waals surface area contributed by atoms with Crippen LogP contribution in [-0.4, -0.2) is 31.1 Å². The summed E-state index contributed by atoms with van der Waals surface area (Å²) in [5.41, 5.74) is 3.93. The Labute approximate surface area is 159 Å². The van der Waals surface area contributed by atoms with Gasteiger partial charge in [0.1, 0.15) is 0 Å². The Kier molecular flexibility index (Phi) is 9.16. The van der Waals surface area contributed by atoms with E-state index in [9.17, 15) is 0 Å². The number of guanidine groups is 1. The van der Waals surface area contributed by atoms with Gasteiger partial charge in [0.05, 0.1) is 0 Å². The third kappa shape index (κ3) is 6.47. The molecule has 0 radical (unpaired) electrons. The van der Waals surface area contributed by atoms with Crippen LogP contribution >= 0.6 is 35.3 Å². The number of rotatable bonds is 6. The minimum absolute atomic E-state index is 0. The molecule has 126 valence electrons. The summed E-state index contributed by atoms with van der Waals surface area (Å²) in [7, 11) is 1.81. The average molecular weight is 444 g/mol. The molecule has 0 fully saturated rings. The zero-order valence-corrected chi connectivity index (χ0v) is 17.0. The lowest BCUT2D eigenvalue weighted by Gasteiger charge is -2.15. The molecule has 0 bridgehead atoms. The highest BCUT2D eigenvalue weighted by molar-refractivity contribution is 14.0. The summed E-state index contributed by atoms with van der Waals surface area (Å²) in [6.07, 6.45) is 4.72. The van der Waals surface area contributed by atoms with Gasteiger partial charge in [-0.2, -0.15) is 11.3 Å². The second kappa shape index (κ2) is 10.6. The van der Waals surface area contributed by atoms with Crippen molar-refractivity contribution in [3.05, 3.63) is 52.0 Å². The summed E-state index contributed by atoms with van der Waals surface area (Å²) in [5.74, 6) is 1.33. The van der Waals surface area contributed by atoms with E-state index in [0.717, 1.165) is 25.5 Å². The van der Waals surface area contributed by atoms with Crippen LogP contribution in [0.1, 0.15) is 29.5 Å². The van der Waals surface area contributed by atoms with Crippen molar-refractivity contribution < 1.29 is 0 Å². The zero-order chi connectivity index (χ0) is 15.8. The predicted molar refractivity (Wildman–Crippen MR) is 110 cm³/mol. The van der Waals surface area contributed by atoms with Gasteiger partial charge in [0.25, 0.3) is 0 Å². The number of halogens is 1. The Bertz CT molecular complexity index is 598. The van der Waals surface area contributed by atoms with E-state index in [1.165, 1.54) is 16.7 Å². The van der Waals surface area contributed by atoms with E-state index in [4.69, 9.17) is 0 Å². The maximum atomic E-state index is 4.28. The highest BCUT2D eigenvalue weighted by Crippen LogP contribution is 2.16. The molecule has 2 aromatic rings. The van der Waals surface area contributed by atoms with Crippen LogP contribution in [0.15, 0.2) is 40.3 Å². The number of aryl methyl sites for hydroxylation is 1. The first-order chi connectivity index (χ1) is 10.7. The van der Waals surface area contributed by atoms with Gasteiger partial charge < -0.3 is 10.6 Å². The molecule has 1 unspecified atom stereocenters. The van der Waals surface area contributed by atoms with Gasteiger partial charge in [0.2, 0.25) is 0 Å². The topological polar surface area (TPSA) is 49.3 Å². The molecule has 0 saturated carbocycles. The standard InChI is InChI=1S/C17H24N4S.HI/c1-13-10-19-7-4-15(13)5-8-20-17(18-3)21-11-14(2)16-6-9-22-12-16;/h4,6-7,9-10,12,14H,5,8,11H2,1-3H3,(H2,18,20,21);1H. The predicted octanol–water partition coefficient (Wildman–Crippen LogP) is 3.58. The van der Waals surface area contributed by atoms with E-state index in [2.05, 4.69) is 57.4 Å². The zero-order valence-electron chi connectivity index (χ0n) is 13.9. The number of aliphatic imine (C=N–C) groups is 1. The minimum atomic E-state index is 0. The minimum Gasteiger partial charge on any atom is -0.356 e. The first-order valence-electron chi connectivity index (χ1n) is 7.56. The second-order valence-electron chi connectivity index (χ2n) is 5.39. The fourth-order valence-electron chi connectivity index (χ4n) is 2.24. The van der Waals surface area contributed by atoms with Crippen LogP contribution in [0, 0.1) is 6.92 Å². The van der Waals surface area contributed by atoms with Crippen LogP contribution < -0.4 is 10.6 Å². The number of nitrogens with one attached hydrogen (secondary N) is 2. The van der Waals surface area contributed by atoms with Crippen molar-refractivity contribution in [3.8, 4) is 0 Å². The number of pyridine rings is 1. The van der Waals surface area contributed by atoms with E-state index < -0.39 is 0 Å². The highest BCUT2D eigenvalue weighted by Gasteiger charge is 2.07. The van der Waals surface area contributed by atoms with Crippen molar-refractivity contribution in [1.29, 1.82) is 0 Å². The van der Waals surface area contributed by atoms with Gasteiger partial charge in [0.15, 0.2) is 5.96 Å². The summed E-state index contributed by atoms with van der Waals surface area (Å²) < 4.78 is 0. The lowest BCUT2D eigenvalue weighted by atomic mass is 10.1. The van der Waals surface area contributed by atoms with Crippen LogP contribution in [0.25, 0.3) is 0 Å². The molecule has 23 heavy (non-hydrogen) atoms. The number of nitrogens with zero attached hydrogens (tertiary/aromatic N) is 2. The van der Waals surface area contributed by atoms with Gasteiger partial charge in [-0.25, -0.2) is 0 Å². The van der Waals surface area contributed by atoms with Crippen molar-refractivity contribution in [2.45, 2.75) is 26.2 Å². The van der Waals surface area contributed by atoms with Crippen LogP contribution in [0.5, 0.6) is 0 Å². The highest BCUT2D eigenvalue weighted by atomic mass is 127. The molecule has 2 N–H and O–H groups in total. The van der Waals surface area contributed by atoms with Crippen molar-refractivity contribution in [3.63, 3.8) is 0 Å². The van der Waals surface area contributed by atoms with E-state index in [1.807, 2.05) is 19.4 Å². The summed E-state index contributed by atoms with van der Waals surface area (Å²) in [6, 6.07) is 4.26. The number of hydrogen-bond acceptors (Lipinski definition) is 3. The Hall–Kier alpha value is -1.15. The van der Waals surface area contributed by atoms with Crippen molar-refractivity contribution >= 4 is 41.3 Å². The Morgan fingerprint density at radius 2 is 2.17 bits per heavy atom. The van der Waals surface area contributed by atoms with Gasteiger partial charge in [-0.15, -0.1) is 24.0 Å². The monoisotopic (exact) mass is 444 g/mol. The van der Waals surface area contributed by atoms with Gasteiger partial charge in [-0.1, -0.05) is 6.92 Å². The summed E-state index contributed by atoms with van der Waals surface area (Å²) in [5, 5.41) is 11.1. The number of hydrogen-bond donors (Lipinski definition) is 2. The molecule has 0 amide bonds. The van der Waals surface area contributed by atoms with Crippen molar-refractivity contribution in [2.75, 3.05) is 20.1 Å². The molecule has 2 heterocycles. The summed E-state index contributed by atoms with van der Waals surface area (Å²) >= 11 is 1.74. The molecule has 2 rings (SSSR count). The van der Waals surface area contributed by atoms with Gasteiger partial charge >= 0.3 is 0 Å². The Morgan fingerprint density at radius 3 is 2.83 bits per heavy atom. The largest absolute Gasteiger partial charge is 0.356 e. The maximum absolute atomic E-state index is 4.28. The molecular weight excluding hydrogens is 419 g/mol. The molecule has 0 aromatic carbocycles. The fraction of sp³-hybridized carbons (Fsp3) is 0.412. The molecule has 1 atom stereocenters. The van der Waals surface area contributed by atoms with Crippen molar-refractivity contribution in [2.24, 2.45) is 4.99 Å². The molecule has 6 heteroatoms. The quantitative estimate of drug-likeness (QED) is 0.407.